The third-order valence-electron chi connectivity index (χ3n) is 9.79. The van der Waals surface area contributed by atoms with Crippen LogP contribution in [0.3, 0.4) is 0 Å². The summed E-state index contributed by atoms with van der Waals surface area (Å²) in [5.41, 5.74) is 0.320. The Morgan fingerprint density at radius 3 is 2.00 bits per heavy atom. The Kier molecular flexibility index (Phi) is 11.3. The molecule has 1 aromatic carbocycles. The molecule has 1 aliphatic carbocycles. The van der Waals surface area contributed by atoms with Gasteiger partial charge in [0.15, 0.2) is 0 Å². The summed E-state index contributed by atoms with van der Waals surface area (Å²) in [6.45, 7) is 4.17. The maximum Gasteiger partial charge on any atom is 0.321 e. The summed E-state index contributed by atoms with van der Waals surface area (Å²) in [7, 11) is 0. The van der Waals surface area contributed by atoms with Crippen molar-refractivity contribution < 1.29 is 33.4 Å². The molecule has 3 aliphatic rings. The first-order valence-corrected chi connectivity index (χ1v) is 16.1. The number of hydrogen-bond acceptors (Lipinski definition) is 7. The van der Waals surface area contributed by atoms with E-state index >= 15 is 0 Å². The van der Waals surface area contributed by atoms with Gasteiger partial charge in [0.25, 0.3) is 0 Å². The predicted molar refractivity (Wildman–Crippen MR) is 157 cm³/mol. The summed E-state index contributed by atoms with van der Waals surface area (Å²) < 4.78 is 10.0. The number of benzene rings is 1. The summed E-state index contributed by atoms with van der Waals surface area (Å²) in [4.78, 5) is 63.6. The maximum atomic E-state index is 13.0. The molecule has 0 spiro atoms. The number of unbranched alkanes of at least 4 members (excludes halogenated alkanes) is 12. The first kappa shape index (κ1) is 31.9. The van der Waals surface area contributed by atoms with E-state index in [0.29, 0.717) is 17.5 Å². The molecule has 0 saturated carbocycles. The highest BCUT2D eigenvalue weighted by atomic mass is 16.6. The molecule has 8 nitrogen and oxygen atoms in total. The van der Waals surface area contributed by atoms with Crippen LogP contribution in [0, 0.1) is 17.8 Å². The largest absolute Gasteiger partial charge is 0.393 e. The van der Waals surface area contributed by atoms with Gasteiger partial charge in [-0.25, -0.2) is 0 Å². The Hall–Kier alpha value is -3.03. The molecule has 0 bridgehead atoms. The fourth-order valence-electron chi connectivity index (χ4n) is 7.39. The number of rotatable bonds is 17. The van der Waals surface area contributed by atoms with Gasteiger partial charge in [-0.3, -0.25) is 24.0 Å². The number of amides is 1. The number of hydrogen-bond donors (Lipinski definition) is 1. The zero-order valence-electron chi connectivity index (χ0n) is 25.3. The zero-order valence-corrected chi connectivity index (χ0v) is 25.3. The van der Waals surface area contributed by atoms with Gasteiger partial charge >= 0.3 is 23.9 Å². The molecule has 2 aliphatic heterocycles. The predicted octanol–water partition coefficient (Wildman–Crippen LogP) is 6.04. The van der Waals surface area contributed by atoms with Crippen molar-refractivity contribution >= 4 is 29.8 Å². The van der Waals surface area contributed by atoms with Crippen LogP contribution in [-0.2, 0) is 38.9 Å². The Balaban J connectivity index is 1.30. The third kappa shape index (κ3) is 7.12. The lowest BCUT2D eigenvalue weighted by Crippen LogP contribution is -2.54. The minimum atomic E-state index is -1.02. The molecule has 1 amide bonds. The van der Waals surface area contributed by atoms with Crippen molar-refractivity contribution in [2.75, 3.05) is 6.54 Å². The van der Waals surface area contributed by atoms with Crippen LogP contribution in [0.2, 0.25) is 0 Å². The summed E-state index contributed by atoms with van der Waals surface area (Å²) in [5, 5.41) is 2.98. The van der Waals surface area contributed by atoms with Crippen molar-refractivity contribution in [3.63, 3.8) is 0 Å². The molecule has 8 heteroatoms. The Morgan fingerprint density at radius 1 is 0.810 bits per heavy atom. The summed E-state index contributed by atoms with van der Waals surface area (Å²) >= 11 is 0. The Bertz CT molecular complexity index is 1150. The number of esters is 4. The maximum absolute atomic E-state index is 13.0. The standard InChI is InChI=1S/C34H47NO7/c1-3-4-5-6-7-8-9-10-11-12-13-14-15-20-27(36)35-22-26-30-29(32(39)42-33(30)40)23-18-16-17-19-24(23)34(26,2)25-21-28(37)41-31(25)38/h16-19,25-26,29-30H,3-15,20-22H2,1-2H3,(H,35,36). The lowest BCUT2D eigenvalue weighted by Gasteiger charge is -2.48. The van der Waals surface area contributed by atoms with Crippen LogP contribution in [0.4, 0.5) is 0 Å². The van der Waals surface area contributed by atoms with E-state index < -0.39 is 53.0 Å². The van der Waals surface area contributed by atoms with Gasteiger partial charge in [0.05, 0.1) is 24.2 Å². The summed E-state index contributed by atoms with van der Waals surface area (Å²) in [6, 6.07) is 7.20. The van der Waals surface area contributed by atoms with Gasteiger partial charge in [0.1, 0.15) is 0 Å². The van der Waals surface area contributed by atoms with Crippen molar-refractivity contribution in [2.24, 2.45) is 17.8 Å². The number of carbonyl (C=O) groups excluding carboxylic acids is 5. The second-order valence-electron chi connectivity index (χ2n) is 12.6. The van der Waals surface area contributed by atoms with Gasteiger partial charge in [-0.2, -0.15) is 0 Å². The average molecular weight is 582 g/mol. The number of nitrogens with one attached hydrogen (secondary N) is 1. The van der Waals surface area contributed by atoms with E-state index in [0.717, 1.165) is 19.3 Å². The molecule has 1 N–H and O–H groups in total. The first-order valence-electron chi connectivity index (χ1n) is 16.1. The van der Waals surface area contributed by atoms with Gasteiger partial charge in [-0.1, -0.05) is 115 Å². The fraction of sp³-hybridized carbons (Fsp3) is 0.676. The molecular formula is C34H47NO7. The van der Waals surface area contributed by atoms with Gasteiger partial charge in [0, 0.05) is 24.3 Å². The normalized spacial score (nSPS) is 26.5. The summed E-state index contributed by atoms with van der Waals surface area (Å²) in [6.07, 6.45) is 16.2. The molecule has 2 fully saturated rings. The molecule has 2 heterocycles. The fourth-order valence-corrected chi connectivity index (χ4v) is 7.39. The van der Waals surface area contributed by atoms with E-state index in [2.05, 4.69) is 12.2 Å². The van der Waals surface area contributed by atoms with Crippen LogP contribution in [-0.4, -0.2) is 36.3 Å². The van der Waals surface area contributed by atoms with Crippen molar-refractivity contribution in [1.82, 2.24) is 5.32 Å². The molecule has 230 valence electrons. The average Bonchev–Trinajstić information content (AvgIpc) is 3.47. The number of fused-ring (bicyclic) bond motifs is 3. The van der Waals surface area contributed by atoms with Crippen LogP contribution < -0.4 is 5.32 Å². The highest BCUT2D eigenvalue weighted by Crippen LogP contribution is 2.57. The number of cyclic esters (lactones) is 4. The van der Waals surface area contributed by atoms with Crippen LogP contribution in [0.15, 0.2) is 24.3 Å². The van der Waals surface area contributed by atoms with Crippen LogP contribution in [0.25, 0.3) is 0 Å². The molecule has 5 unspecified atom stereocenters. The van der Waals surface area contributed by atoms with Gasteiger partial charge in [0.2, 0.25) is 5.91 Å². The van der Waals surface area contributed by atoms with E-state index in [9.17, 15) is 24.0 Å². The summed E-state index contributed by atoms with van der Waals surface area (Å²) in [5.74, 6) is -5.78. The van der Waals surface area contributed by atoms with Crippen LogP contribution >= 0.6 is 0 Å². The quantitative estimate of drug-likeness (QED) is 0.135. The van der Waals surface area contributed by atoms with Crippen molar-refractivity contribution in [3.05, 3.63) is 35.4 Å². The number of carbonyl (C=O) groups is 5. The smallest absolute Gasteiger partial charge is 0.321 e. The molecule has 42 heavy (non-hydrogen) atoms. The molecule has 0 aromatic heterocycles. The van der Waals surface area contributed by atoms with Gasteiger partial charge in [-0.05, 0) is 17.5 Å². The zero-order chi connectivity index (χ0) is 30.1. The molecule has 1 aromatic rings. The lowest BCUT2D eigenvalue weighted by molar-refractivity contribution is -0.157. The van der Waals surface area contributed by atoms with E-state index in [1.165, 1.54) is 64.2 Å². The Morgan fingerprint density at radius 2 is 1.40 bits per heavy atom. The molecule has 0 radical (unpaired) electrons. The van der Waals surface area contributed by atoms with E-state index in [1.54, 1.807) is 12.1 Å². The monoisotopic (exact) mass is 581 g/mol. The van der Waals surface area contributed by atoms with Crippen molar-refractivity contribution in [3.8, 4) is 0 Å². The van der Waals surface area contributed by atoms with Crippen LogP contribution in [0.5, 0.6) is 0 Å². The lowest BCUT2D eigenvalue weighted by atomic mass is 9.52. The second kappa shape index (κ2) is 14.9. The molecule has 5 atom stereocenters. The van der Waals surface area contributed by atoms with E-state index in [4.69, 9.17) is 9.47 Å². The third-order valence-corrected chi connectivity index (χ3v) is 9.79. The van der Waals surface area contributed by atoms with Gasteiger partial charge in [-0.15, -0.1) is 0 Å². The topological polar surface area (TPSA) is 116 Å². The van der Waals surface area contributed by atoms with E-state index in [1.807, 2.05) is 19.1 Å². The minimum Gasteiger partial charge on any atom is -0.393 e. The minimum absolute atomic E-state index is 0.0869. The second-order valence-corrected chi connectivity index (χ2v) is 12.6. The molecule has 2 saturated heterocycles. The Labute approximate surface area is 249 Å². The van der Waals surface area contributed by atoms with Gasteiger partial charge < -0.3 is 14.8 Å². The molecule has 4 rings (SSSR count). The molecular weight excluding hydrogens is 534 g/mol. The van der Waals surface area contributed by atoms with Crippen molar-refractivity contribution in [2.45, 2.75) is 121 Å². The van der Waals surface area contributed by atoms with Crippen molar-refractivity contribution in [1.29, 1.82) is 0 Å². The number of ether oxygens (including phenoxy) is 2. The highest BCUT2D eigenvalue weighted by Gasteiger charge is 2.63. The first-order chi connectivity index (χ1) is 20.3. The highest BCUT2D eigenvalue weighted by molar-refractivity contribution is 6.01. The van der Waals surface area contributed by atoms with Crippen LogP contribution in [0.1, 0.15) is 127 Å². The van der Waals surface area contributed by atoms with E-state index in [-0.39, 0.29) is 18.9 Å². The SMILES string of the molecule is CCCCCCCCCCCCCCCC(=O)NCC1C2C(=O)OC(=O)C2c2ccccc2C1(C)C1CC(=O)OC1=O.